The maximum absolute atomic E-state index is 13.4. The van der Waals surface area contributed by atoms with Gasteiger partial charge in [-0.15, -0.1) is 0 Å². The molecule has 0 radical (unpaired) electrons. The fourth-order valence-corrected chi connectivity index (χ4v) is 2.33. The van der Waals surface area contributed by atoms with Gasteiger partial charge in [-0.3, -0.25) is 0 Å². The summed E-state index contributed by atoms with van der Waals surface area (Å²) in [5, 5.41) is 3.15. The van der Waals surface area contributed by atoms with E-state index in [0.29, 0.717) is 12.1 Å². The molecule has 0 aliphatic rings. The molecule has 2 aromatic rings. The smallest absolute Gasteiger partial charge is 0.131 e. The molecule has 2 rings (SSSR count). The van der Waals surface area contributed by atoms with Gasteiger partial charge >= 0.3 is 0 Å². The first-order valence-corrected chi connectivity index (χ1v) is 6.58. The molecule has 0 fully saturated rings. The van der Waals surface area contributed by atoms with Crippen molar-refractivity contribution in [1.29, 1.82) is 0 Å². The summed E-state index contributed by atoms with van der Waals surface area (Å²) in [6.45, 7) is 2.33. The van der Waals surface area contributed by atoms with Crippen molar-refractivity contribution in [2.24, 2.45) is 0 Å². The van der Waals surface area contributed by atoms with Gasteiger partial charge in [-0.1, -0.05) is 6.07 Å². The summed E-state index contributed by atoms with van der Waals surface area (Å²) in [5.41, 5.74) is 2.51. The number of rotatable bonds is 3. The SMILES string of the molecule is Cc1cc(I)ccc1NCc1ccc(F)cc1F. The van der Waals surface area contributed by atoms with Gasteiger partial charge in [0.05, 0.1) is 0 Å². The van der Waals surface area contributed by atoms with Crippen LogP contribution in [0.15, 0.2) is 36.4 Å². The fraction of sp³-hybridized carbons (Fsp3) is 0.143. The maximum Gasteiger partial charge on any atom is 0.131 e. The summed E-state index contributed by atoms with van der Waals surface area (Å²) in [6.07, 6.45) is 0. The zero-order chi connectivity index (χ0) is 13.1. The van der Waals surface area contributed by atoms with Crippen LogP contribution in [0.3, 0.4) is 0 Å². The van der Waals surface area contributed by atoms with Crippen LogP contribution in [0.5, 0.6) is 0 Å². The monoisotopic (exact) mass is 359 g/mol. The molecule has 0 heterocycles. The van der Waals surface area contributed by atoms with Gasteiger partial charge in [-0.2, -0.15) is 0 Å². The van der Waals surface area contributed by atoms with Crippen LogP contribution in [0.4, 0.5) is 14.5 Å². The number of hydrogen-bond acceptors (Lipinski definition) is 1. The highest BCUT2D eigenvalue weighted by Crippen LogP contribution is 2.19. The van der Waals surface area contributed by atoms with Crippen LogP contribution in [0.2, 0.25) is 0 Å². The molecule has 4 heteroatoms. The van der Waals surface area contributed by atoms with Crippen molar-refractivity contribution in [3.63, 3.8) is 0 Å². The normalized spacial score (nSPS) is 10.4. The molecular weight excluding hydrogens is 347 g/mol. The Morgan fingerprint density at radius 1 is 1.11 bits per heavy atom. The van der Waals surface area contributed by atoms with Gasteiger partial charge in [-0.05, 0) is 59.3 Å². The molecule has 2 aromatic carbocycles. The molecule has 18 heavy (non-hydrogen) atoms. The fourth-order valence-electron chi connectivity index (χ4n) is 1.68. The standard InChI is InChI=1S/C14H12F2IN/c1-9-6-12(17)4-5-14(9)18-8-10-2-3-11(15)7-13(10)16/h2-7,18H,8H2,1H3. The second kappa shape index (κ2) is 5.65. The molecule has 1 nitrogen and oxygen atoms in total. The summed E-state index contributed by atoms with van der Waals surface area (Å²) in [7, 11) is 0. The first-order valence-electron chi connectivity index (χ1n) is 5.50. The lowest BCUT2D eigenvalue weighted by Gasteiger charge is -2.10. The molecule has 0 spiro atoms. The highest BCUT2D eigenvalue weighted by atomic mass is 127. The van der Waals surface area contributed by atoms with Crippen molar-refractivity contribution < 1.29 is 8.78 Å². The molecule has 0 unspecified atom stereocenters. The molecule has 0 aliphatic heterocycles. The number of anilines is 1. The highest BCUT2D eigenvalue weighted by molar-refractivity contribution is 14.1. The maximum atomic E-state index is 13.4. The topological polar surface area (TPSA) is 12.0 Å². The Balaban J connectivity index is 2.11. The lowest BCUT2D eigenvalue weighted by atomic mass is 10.1. The van der Waals surface area contributed by atoms with Gasteiger partial charge in [-0.25, -0.2) is 8.78 Å². The summed E-state index contributed by atoms with van der Waals surface area (Å²) >= 11 is 2.24. The summed E-state index contributed by atoms with van der Waals surface area (Å²) < 4.78 is 27.4. The zero-order valence-corrected chi connectivity index (χ0v) is 12.0. The van der Waals surface area contributed by atoms with Gasteiger partial charge in [0, 0.05) is 27.4 Å². The minimum Gasteiger partial charge on any atom is -0.381 e. The largest absolute Gasteiger partial charge is 0.381 e. The molecular formula is C14H12F2IN. The van der Waals surface area contributed by atoms with E-state index in [1.165, 1.54) is 12.1 Å². The van der Waals surface area contributed by atoms with Crippen LogP contribution in [0.1, 0.15) is 11.1 Å². The first kappa shape index (κ1) is 13.3. The second-order valence-electron chi connectivity index (χ2n) is 4.05. The third-order valence-corrected chi connectivity index (χ3v) is 3.34. The first-order chi connectivity index (χ1) is 8.56. The Labute approximate surface area is 118 Å². The Hall–Kier alpha value is -1.17. The Kier molecular flexibility index (Phi) is 4.16. The lowest BCUT2D eigenvalue weighted by Crippen LogP contribution is -2.03. The highest BCUT2D eigenvalue weighted by Gasteiger charge is 2.04. The number of aryl methyl sites for hydroxylation is 1. The van der Waals surface area contributed by atoms with E-state index in [9.17, 15) is 8.78 Å². The van der Waals surface area contributed by atoms with Gasteiger partial charge in [0.25, 0.3) is 0 Å². The van der Waals surface area contributed by atoms with Crippen LogP contribution >= 0.6 is 22.6 Å². The summed E-state index contributed by atoms with van der Waals surface area (Å²) in [5.74, 6) is -1.08. The van der Waals surface area contributed by atoms with E-state index >= 15 is 0 Å². The molecule has 0 aromatic heterocycles. The summed E-state index contributed by atoms with van der Waals surface area (Å²) in [4.78, 5) is 0. The third-order valence-electron chi connectivity index (χ3n) is 2.67. The van der Waals surface area contributed by atoms with E-state index in [0.717, 1.165) is 20.9 Å². The van der Waals surface area contributed by atoms with E-state index in [1.807, 2.05) is 25.1 Å². The van der Waals surface area contributed by atoms with Crippen LogP contribution in [-0.4, -0.2) is 0 Å². The van der Waals surface area contributed by atoms with Crippen LogP contribution in [0, 0.1) is 22.1 Å². The van der Waals surface area contributed by atoms with E-state index in [4.69, 9.17) is 0 Å². The lowest BCUT2D eigenvalue weighted by molar-refractivity contribution is 0.574. The number of halogens is 3. The van der Waals surface area contributed by atoms with Crippen molar-refractivity contribution in [2.75, 3.05) is 5.32 Å². The van der Waals surface area contributed by atoms with Gasteiger partial charge in [0.15, 0.2) is 0 Å². The van der Waals surface area contributed by atoms with Crippen molar-refractivity contribution in [2.45, 2.75) is 13.5 Å². The van der Waals surface area contributed by atoms with Crippen LogP contribution < -0.4 is 5.32 Å². The quantitative estimate of drug-likeness (QED) is 0.797. The van der Waals surface area contributed by atoms with Crippen molar-refractivity contribution in [3.8, 4) is 0 Å². The minimum atomic E-state index is -0.554. The minimum absolute atomic E-state index is 0.341. The van der Waals surface area contributed by atoms with Crippen molar-refractivity contribution in [3.05, 3.63) is 62.7 Å². The number of nitrogens with one attached hydrogen (secondary N) is 1. The van der Waals surface area contributed by atoms with E-state index < -0.39 is 11.6 Å². The number of benzene rings is 2. The van der Waals surface area contributed by atoms with Gasteiger partial charge in [0.2, 0.25) is 0 Å². The van der Waals surface area contributed by atoms with E-state index in [1.54, 1.807) is 0 Å². The molecule has 0 bridgehead atoms. The Morgan fingerprint density at radius 2 is 1.89 bits per heavy atom. The average Bonchev–Trinajstić information content (AvgIpc) is 2.30. The van der Waals surface area contributed by atoms with Gasteiger partial charge in [0.1, 0.15) is 11.6 Å². The summed E-state index contributed by atoms with van der Waals surface area (Å²) in [6, 6.07) is 9.61. The van der Waals surface area contributed by atoms with E-state index in [-0.39, 0.29) is 0 Å². The van der Waals surface area contributed by atoms with Gasteiger partial charge < -0.3 is 5.32 Å². The molecule has 0 saturated heterocycles. The number of hydrogen-bond donors (Lipinski definition) is 1. The molecule has 0 amide bonds. The zero-order valence-electron chi connectivity index (χ0n) is 9.81. The average molecular weight is 359 g/mol. The van der Waals surface area contributed by atoms with Crippen molar-refractivity contribution in [1.82, 2.24) is 0 Å². The molecule has 0 saturated carbocycles. The van der Waals surface area contributed by atoms with E-state index in [2.05, 4.69) is 27.9 Å². The molecule has 1 N–H and O–H groups in total. The second-order valence-corrected chi connectivity index (χ2v) is 5.29. The van der Waals surface area contributed by atoms with Crippen LogP contribution in [-0.2, 0) is 6.54 Å². The molecule has 94 valence electrons. The molecule has 0 aliphatic carbocycles. The predicted octanol–water partition coefficient (Wildman–Crippen LogP) is 4.49. The Morgan fingerprint density at radius 3 is 2.56 bits per heavy atom. The van der Waals surface area contributed by atoms with Crippen LogP contribution in [0.25, 0.3) is 0 Å². The predicted molar refractivity (Wildman–Crippen MR) is 77.6 cm³/mol. The third kappa shape index (κ3) is 3.19. The van der Waals surface area contributed by atoms with Crippen molar-refractivity contribution >= 4 is 28.3 Å². The molecule has 0 atom stereocenters. The Bertz CT molecular complexity index is 518.